The Bertz CT molecular complexity index is 713. The van der Waals surface area contributed by atoms with Crippen LogP contribution >= 0.6 is 0 Å². The number of hydrogen-bond donors (Lipinski definition) is 3. The van der Waals surface area contributed by atoms with Gasteiger partial charge in [-0.05, 0) is 25.5 Å². The van der Waals surface area contributed by atoms with Crippen LogP contribution < -0.4 is 34.9 Å². The molecule has 0 bridgehead atoms. The van der Waals surface area contributed by atoms with Gasteiger partial charge in [-0.2, -0.15) is 0 Å². The Morgan fingerprint density at radius 3 is 2.23 bits per heavy atom. The maximum absolute atomic E-state index is 11.4. The number of carbonyl (C=O) groups is 3. The molecule has 0 aromatic carbocycles. The van der Waals surface area contributed by atoms with Gasteiger partial charge in [0.1, 0.15) is 5.92 Å². The van der Waals surface area contributed by atoms with Gasteiger partial charge in [-0.1, -0.05) is 25.7 Å². The average Bonchev–Trinajstić information content (AvgIpc) is 2.45. The van der Waals surface area contributed by atoms with Gasteiger partial charge >= 0.3 is 41.5 Å². The van der Waals surface area contributed by atoms with E-state index in [0.717, 1.165) is 6.08 Å². The van der Waals surface area contributed by atoms with Crippen molar-refractivity contribution in [3.05, 3.63) is 36.5 Å². The molecule has 0 radical (unpaired) electrons. The number of aliphatic carboxylic acids is 2. The van der Waals surface area contributed by atoms with Gasteiger partial charge in [-0.3, -0.25) is 9.59 Å². The molecule has 1 amide bonds. The monoisotopic (exact) mass is 397 g/mol. The summed E-state index contributed by atoms with van der Waals surface area (Å²) >= 11 is 0. The Kier molecular flexibility index (Phi) is 11.6. The van der Waals surface area contributed by atoms with Crippen molar-refractivity contribution < 1.29 is 67.1 Å². The van der Waals surface area contributed by atoms with E-state index in [-0.39, 0.29) is 40.9 Å². The molecular weight excluding hydrogens is 377 g/mol. The second-order valence-electron chi connectivity index (χ2n) is 5.24. The van der Waals surface area contributed by atoms with E-state index in [9.17, 15) is 27.4 Å². The van der Waals surface area contributed by atoms with Crippen LogP contribution in [0.25, 0.3) is 0 Å². The fourth-order valence-electron chi connectivity index (χ4n) is 2.12. The Morgan fingerprint density at radius 2 is 1.92 bits per heavy atom. The van der Waals surface area contributed by atoms with Gasteiger partial charge in [0.25, 0.3) is 0 Å². The van der Waals surface area contributed by atoms with Crippen LogP contribution in [0.4, 0.5) is 0 Å². The summed E-state index contributed by atoms with van der Waals surface area (Å²) in [5.41, 5.74) is -1.70. The summed E-state index contributed by atoms with van der Waals surface area (Å²) in [5.74, 6) is -4.53. The summed E-state index contributed by atoms with van der Waals surface area (Å²) in [6.45, 7) is 6.26. The zero-order valence-electron chi connectivity index (χ0n) is 14.8. The molecule has 0 aromatic rings. The Labute approximate surface area is 173 Å². The van der Waals surface area contributed by atoms with E-state index in [1.54, 1.807) is 6.92 Å². The number of hydrogen-bond acceptors (Lipinski definition) is 6. The molecule has 0 heterocycles. The van der Waals surface area contributed by atoms with Crippen LogP contribution in [-0.4, -0.2) is 52.3 Å². The first-order valence-corrected chi connectivity index (χ1v) is 8.70. The standard InChI is InChI=1S/C12H13NO5.C3H8O3S.Na/c1-3-9(14)13-12(2)7(10(15)16)5-4-6-8(12)11(17)18;1-2-3-7(4,5)6;/h3-7H,1H2,2H3,(H,13,14)(H,15,16)(H,17,18);2-3H2,1H3,(H,4,5,6);/q;;+1/p-1. The summed E-state index contributed by atoms with van der Waals surface area (Å²) in [6, 6.07) is 0. The smallest absolute Gasteiger partial charge is 0.748 e. The van der Waals surface area contributed by atoms with Crippen LogP contribution in [0.1, 0.15) is 20.3 Å². The van der Waals surface area contributed by atoms with Gasteiger partial charge in [-0.25, -0.2) is 13.2 Å². The molecular formula is C15H20NNaO8S. The minimum Gasteiger partial charge on any atom is -0.748 e. The van der Waals surface area contributed by atoms with Crippen molar-refractivity contribution in [2.75, 3.05) is 5.75 Å². The van der Waals surface area contributed by atoms with E-state index in [0.29, 0.717) is 6.42 Å². The molecule has 2 unspecified atom stereocenters. The van der Waals surface area contributed by atoms with Crippen LogP contribution in [0.2, 0.25) is 0 Å². The van der Waals surface area contributed by atoms with E-state index in [4.69, 9.17) is 10.2 Å². The van der Waals surface area contributed by atoms with Crippen LogP contribution in [0.5, 0.6) is 0 Å². The molecule has 1 aliphatic carbocycles. The zero-order valence-corrected chi connectivity index (χ0v) is 17.6. The first kappa shape index (κ1) is 26.8. The zero-order chi connectivity index (χ0) is 19.8. The minimum atomic E-state index is -3.92. The van der Waals surface area contributed by atoms with Gasteiger partial charge in [0.05, 0.1) is 21.2 Å². The first-order chi connectivity index (χ1) is 11.4. The van der Waals surface area contributed by atoms with Crippen molar-refractivity contribution in [2.45, 2.75) is 25.8 Å². The minimum absolute atomic E-state index is 0. The fourth-order valence-corrected chi connectivity index (χ4v) is 2.62. The molecule has 2 atom stereocenters. The van der Waals surface area contributed by atoms with Gasteiger partial charge < -0.3 is 20.1 Å². The molecule has 140 valence electrons. The predicted molar refractivity (Wildman–Crippen MR) is 87.6 cm³/mol. The van der Waals surface area contributed by atoms with Gasteiger partial charge in [0, 0.05) is 5.75 Å². The van der Waals surface area contributed by atoms with Crippen molar-refractivity contribution in [3.8, 4) is 0 Å². The van der Waals surface area contributed by atoms with E-state index in [1.165, 1.54) is 25.2 Å². The predicted octanol–water partition coefficient (Wildman–Crippen LogP) is -2.73. The van der Waals surface area contributed by atoms with Crippen molar-refractivity contribution in [2.24, 2.45) is 5.92 Å². The molecule has 3 N–H and O–H groups in total. The summed E-state index contributed by atoms with van der Waals surface area (Å²) < 4.78 is 29.0. The van der Waals surface area contributed by atoms with Crippen molar-refractivity contribution in [1.29, 1.82) is 0 Å². The van der Waals surface area contributed by atoms with Gasteiger partial charge in [0.15, 0.2) is 0 Å². The number of carboxylic acids is 2. The normalized spacial score (nSPS) is 21.2. The Hall–Kier alpha value is -1.46. The molecule has 0 aromatic heterocycles. The van der Waals surface area contributed by atoms with Crippen molar-refractivity contribution in [1.82, 2.24) is 5.32 Å². The summed E-state index contributed by atoms with van der Waals surface area (Å²) in [7, 11) is -3.92. The Balaban J connectivity index is 0. The number of carbonyl (C=O) groups excluding carboxylic acids is 1. The van der Waals surface area contributed by atoms with Crippen LogP contribution in [0.3, 0.4) is 0 Å². The number of amides is 1. The number of allylic oxidation sites excluding steroid dienone is 2. The second-order valence-corrected chi connectivity index (χ2v) is 6.77. The second kappa shape index (κ2) is 11.3. The fraction of sp³-hybridized carbons (Fsp3) is 0.400. The van der Waals surface area contributed by atoms with E-state index in [1.807, 2.05) is 0 Å². The summed E-state index contributed by atoms with van der Waals surface area (Å²) in [5, 5.41) is 20.6. The number of nitrogens with one attached hydrogen (secondary N) is 1. The largest absolute Gasteiger partial charge is 1.00 e. The molecule has 1 rings (SSSR count). The molecule has 0 saturated carbocycles. The topological polar surface area (TPSA) is 161 Å². The quantitative estimate of drug-likeness (QED) is 0.247. The molecule has 1 aliphatic rings. The molecule has 11 heteroatoms. The number of rotatable bonds is 6. The Morgan fingerprint density at radius 1 is 1.38 bits per heavy atom. The average molecular weight is 397 g/mol. The van der Waals surface area contributed by atoms with Gasteiger partial charge in [-0.15, -0.1) is 0 Å². The molecule has 0 fully saturated rings. The van der Waals surface area contributed by atoms with E-state index < -0.39 is 39.4 Å². The molecule has 0 saturated heterocycles. The molecule has 9 nitrogen and oxygen atoms in total. The molecule has 0 aliphatic heterocycles. The third kappa shape index (κ3) is 8.28. The van der Waals surface area contributed by atoms with Crippen LogP contribution in [0.15, 0.2) is 36.5 Å². The summed E-state index contributed by atoms with van der Waals surface area (Å²) in [6.07, 6.45) is 5.32. The van der Waals surface area contributed by atoms with Crippen molar-refractivity contribution >= 4 is 28.0 Å². The van der Waals surface area contributed by atoms with Crippen LogP contribution in [0, 0.1) is 5.92 Å². The van der Waals surface area contributed by atoms with Gasteiger partial charge in [0.2, 0.25) is 5.91 Å². The van der Waals surface area contributed by atoms with E-state index >= 15 is 0 Å². The van der Waals surface area contributed by atoms with Crippen molar-refractivity contribution in [3.63, 3.8) is 0 Å². The van der Waals surface area contributed by atoms with E-state index in [2.05, 4.69) is 11.9 Å². The first-order valence-electron chi connectivity index (χ1n) is 7.12. The third-order valence-electron chi connectivity index (χ3n) is 3.27. The summed E-state index contributed by atoms with van der Waals surface area (Å²) in [4.78, 5) is 33.7. The maximum atomic E-state index is 11.4. The molecule has 26 heavy (non-hydrogen) atoms. The van der Waals surface area contributed by atoms with Crippen LogP contribution in [-0.2, 0) is 24.5 Å². The number of carboxylic acid groups (broad SMARTS) is 2. The maximum Gasteiger partial charge on any atom is 1.00 e. The SMILES string of the molecule is C=CC(=O)NC1(C)C(C(=O)O)=CC=CC1C(=O)O.CCCS(=O)(=O)[O-].[Na+]. The third-order valence-corrected chi connectivity index (χ3v) is 4.18. The molecule has 0 spiro atoms.